The molecule has 0 aliphatic rings. The van der Waals surface area contributed by atoms with Gasteiger partial charge in [0.1, 0.15) is 11.6 Å². The lowest BCUT2D eigenvalue weighted by molar-refractivity contribution is 0.755. The Bertz CT molecular complexity index is 545. The molecule has 0 radical (unpaired) electrons. The number of anilines is 1. The van der Waals surface area contributed by atoms with Crippen LogP contribution in [0.2, 0.25) is 0 Å². The molecule has 4 nitrogen and oxygen atoms in total. The number of halogens is 1. The van der Waals surface area contributed by atoms with Gasteiger partial charge in [-0.3, -0.25) is 0 Å². The van der Waals surface area contributed by atoms with E-state index in [0.717, 1.165) is 42.0 Å². The van der Waals surface area contributed by atoms with E-state index in [1.165, 1.54) is 5.56 Å². The highest BCUT2D eigenvalue weighted by molar-refractivity contribution is 9.10. The second-order valence-corrected chi connectivity index (χ2v) is 5.43. The lowest BCUT2D eigenvalue weighted by Gasteiger charge is -2.07. The molecule has 1 aromatic carbocycles. The average molecular weight is 335 g/mol. The first-order valence-corrected chi connectivity index (χ1v) is 7.52. The van der Waals surface area contributed by atoms with E-state index in [1.54, 1.807) is 6.20 Å². The van der Waals surface area contributed by atoms with Crippen LogP contribution in [0.3, 0.4) is 0 Å². The molecular weight excluding hydrogens is 316 g/mol. The highest BCUT2D eigenvalue weighted by atomic mass is 79.9. The van der Waals surface area contributed by atoms with Crippen molar-refractivity contribution < 1.29 is 0 Å². The van der Waals surface area contributed by atoms with Crippen LogP contribution in [0.1, 0.15) is 11.4 Å². The molecule has 2 rings (SSSR count). The van der Waals surface area contributed by atoms with Gasteiger partial charge < -0.3 is 10.6 Å². The number of nitrogens with one attached hydrogen (secondary N) is 2. The number of likely N-dealkylation sites (N-methyl/N-ethyl adjacent to an activating group) is 1. The minimum absolute atomic E-state index is 0.845. The van der Waals surface area contributed by atoms with Crippen LogP contribution in [0.25, 0.3) is 0 Å². The average Bonchev–Trinajstić information content (AvgIpc) is 2.46. The fourth-order valence-corrected chi connectivity index (χ4v) is 2.33. The standard InChI is InChI=1S/C15H19BrN4/c1-17-8-6-14-19-10-7-15(20-14)18-9-5-12-3-2-4-13(16)11-12/h2-4,7,10-11,17H,5-6,8-9H2,1H3,(H,18,19,20). The normalized spacial score (nSPS) is 10.5. The molecule has 106 valence electrons. The third-order valence-corrected chi connectivity index (χ3v) is 3.41. The van der Waals surface area contributed by atoms with Gasteiger partial charge in [0.15, 0.2) is 0 Å². The Hall–Kier alpha value is -1.46. The molecule has 0 atom stereocenters. The monoisotopic (exact) mass is 334 g/mol. The van der Waals surface area contributed by atoms with Crippen molar-refractivity contribution in [3.63, 3.8) is 0 Å². The fourth-order valence-electron chi connectivity index (χ4n) is 1.88. The SMILES string of the molecule is CNCCc1nccc(NCCc2cccc(Br)c2)n1. The van der Waals surface area contributed by atoms with Crippen molar-refractivity contribution in [2.75, 3.05) is 25.5 Å². The maximum absolute atomic E-state index is 4.49. The number of hydrogen-bond donors (Lipinski definition) is 2. The Balaban J connectivity index is 1.84. The third kappa shape index (κ3) is 4.90. The van der Waals surface area contributed by atoms with Crippen molar-refractivity contribution in [1.29, 1.82) is 0 Å². The van der Waals surface area contributed by atoms with Gasteiger partial charge in [-0.25, -0.2) is 9.97 Å². The molecule has 0 aliphatic carbocycles. The second kappa shape index (κ2) is 7.97. The predicted octanol–water partition coefficient (Wildman–Crippen LogP) is 2.66. The Morgan fingerprint density at radius 3 is 2.85 bits per heavy atom. The first-order chi connectivity index (χ1) is 9.78. The summed E-state index contributed by atoms with van der Waals surface area (Å²) in [6, 6.07) is 10.3. The smallest absolute Gasteiger partial charge is 0.131 e. The van der Waals surface area contributed by atoms with E-state index < -0.39 is 0 Å². The molecule has 0 saturated heterocycles. The second-order valence-electron chi connectivity index (χ2n) is 4.52. The van der Waals surface area contributed by atoms with Crippen LogP contribution in [-0.4, -0.2) is 30.1 Å². The number of benzene rings is 1. The van der Waals surface area contributed by atoms with Gasteiger partial charge in [-0.05, 0) is 37.2 Å². The summed E-state index contributed by atoms with van der Waals surface area (Å²) in [5.74, 6) is 1.76. The van der Waals surface area contributed by atoms with Gasteiger partial charge in [-0.2, -0.15) is 0 Å². The number of rotatable bonds is 7. The van der Waals surface area contributed by atoms with Crippen molar-refractivity contribution in [3.8, 4) is 0 Å². The Morgan fingerprint density at radius 1 is 1.15 bits per heavy atom. The van der Waals surface area contributed by atoms with Gasteiger partial charge in [0.05, 0.1) is 0 Å². The number of aromatic nitrogens is 2. The lowest BCUT2D eigenvalue weighted by Crippen LogP contribution is -2.13. The van der Waals surface area contributed by atoms with Crippen LogP contribution in [0.4, 0.5) is 5.82 Å². The van der Waals surface area contributed by atoms with E-state index in [-0.39, 0.29) is 0 Å². The summed E-state index contributed by atoms with van der Waals surface area (Å²) >= 11 is 3.49. The Labute approximate surface area is 128 Å². The quantitative estimate of drug-likeness (QED) is 0.817. The maximum atomic E-state index is 4.49. The minimum atomic E-state index is 0.845. The van der Waals surface area contributed by atoms with Crippen molar-refractivity contribution in [3.05, 3.63) is 52.4 Å². The van der Waals surface area contributed by atoms with Crippen LogP contribution in [0.15, 0.2) is 41.0 Å². The zero-order chi connectivity index (χ0) is 14.2. The van der Waals surface area contributed by atoms with E-state index in [4.69, 9.17) is 0 Å². The van der Waals surface area contributed by atoms with Crippen molar-refractivity contribution >= 4 is 21.7 Å². The number of hydrogen-bond acceptors (Lipinski definition) is 4. The van der Waals surface area contributed by atoms with Crippen LogP contribution < -0.4 is 10.6 Å². The summed E-state index contributed by atoms with van der Waals surface area (Å²) in [6.45, 7) is 1.75. The molecule has 20 heavy (non-hydrogen) atoms. The number of nitrogens with zero attached hydrogens (tertiary/aromatic N) is 2. The molecule has 2 N–H and O–H groups in total. The van der Waals surface area contributed by atoms with Gasteiger partial charge in [0.2, 0.25) is 0 Å². The molecule has 2 aromatic rings. The molecule has 1 aromatic heterocycles. The minimum Gasteiger partial charge on any atom is -0.370 e. The summed E-state index contributed by atoms with van der Waals surface area (Å²) < 4.78 is 1.12. The van der Waals surface area contributed by atoms with Gasteiger partial charge >= 0.3 is 0 Å². The maximum Gasteiger partial charge on any atom is 0.131 e. The first-order valence-electron chi connectivity index (χ1n) is 6.73. The highest BCUT2D eigenvalue weighted by Gasteiger charge is 1.99. The van der Waals surface area contributed by atoms with Crippen LogP contribution >= 0.6 is 15.9 Å². The van der Waals surface area contributed by atoms with Gasteiger partial charge in [0.25, 0.3) is 0 Å². The predicted molar refractivity (Wildman–Crippen MR) is 86.0 cm³/mol. The topological polar surface area (TPSA) is 49.8 Å². The summed E-state index contributed by atoms with van der Waals surface area (Å²) in [7, 11) is 1.93. The molecule has 0 unspecified atom stereocenters. The summed E-state index contributed by atoms with van der Waals surface area (Å²) in [5, 5.41) is 6.44. The summed E-state index contributed by atoms with van der Waals surface area (Å²) in [6.07, 6.45) is 3.62. The molecule has 0 aliphatic heterocycles. The largest absolute Gasteiger partial charge is 0.370 e. The summed E-state index contributed by atoms with van der Waals surface area (Å²) in [4.78, 5) is 8.74. The highest BCUT2D eigenvalue weighted by Crippen LogP contribution is 2.12. The Kier molecular flexibility index (Phi) is 5.95. The van der Waals surface area contributed by atoms with Crippen molar-refractivity contribution in [1.82, 2.24) is 15.3 Å². The molecule has 0 saturated carbocycles. The van der Waals surface area contributed by atoms with Gasteiger partial charge in [-0.15, -0.1) is 0 Å². The van der Waals surface area contributed by atoms with Gasteiger partial charge in [-0.1, -0.05) is 28.1 Å². The van der Waals surface area contributed by atoms with Crippen molar-refractivity contribution in [2.24, 2.45) is 0 Å². The molecule has 0 amide bonds. The molecule has 5 heteroatoms. The summed E-state index contributed by atoms with van der Waals surface area (Å²) in [5.41, 5.74) is 1.30. The van der Waals surface area contributed by atoms with Crippen LogP contribution in [0, 0.1) is 0 Å². The third-order valence-electron chi connectivity index (χ3n) is 2.91. The zero-order valence-electron chi connectivity index (χ0n) is 11.6. The molecular formula is C15H19BrN4. The zero-order valence-corrected chi connectivity index (χ0v) is 13.2. The molecule has 0 spiro atoms. The van der Waals surface area contributed by atoms with E-state index in [0.29, 0.717) is 0 Å². The molecule has 0 bridgehead atoms. The van der Waals surface area contributed by atoms with E-state index >= 15 is 0 Å². The van der Waals surface area contributed by atoms with E-state index in [2.05, 4.69) is 54.7 Å². The van der Waals surface area contributed by atoms with Gasteiger partial charge in [0, 0.05) is 30.2 Å². The molecule has 1 heterocycles. The molecule has 0 fully saturated rings. The van der Waals surface area contributed by atoms with Crippen LogP contribution in [-0.2, 0) is 12.8 Å². The van der Waals surface area contributed by atoms with Crippen LogP contribution in [0.5, 0.6) is 0 Å². The van der Waals surface area contributed by atoms with E-state index in [9.17, 15) is 0 Å². The van der Waals surface area contributed by atoms with E-state index in [1.807, 2.05) is 19.2 Å². The van der Waals surface area contributed by atoms with Crippen molar-refractivity contribution in [2.45, 2.75) is 12.8 Å². The fraction of sp³-hybridized carbons (Fsp3) is 0.333. The first kappa shape index (κ1) is 14.9. The Morgan fingerprint density at radius 2 is 2.05 bits per heavy atom. The lowest BCUT2D eigenvalue weighted by atomic mass is 10.1.